The van der Waals surface area contributed by atoms with E-state index in [1.165, 1.54) is 0 Å². The van der Waals surface area contributed by atoms with Gasteiger partial charge in [0, 0.05) is 13.1 Å². The zero-order valence-corrected chi connectivity index (χ0v) is 11.2. The Morgan fingerprint density at radius 3 is 2.36 bits per heavy atom. The number of hydrogen-bond acceptors (Lipinski definition) is 2. The summed E-state index contributed by atoms with van der Waals surface area (Å²) in [5.74, 6) is 0. The molecule has 1 aliphatic heterocycles. The number of carbonyl (C=O) groups excluding carboxylic acids is 1. The Morgan fingerprint density at radius 2 is 1.91 bits per heavy atom. The van der Waals surface area contributed by atoms with Crippen molar-refractivity contribution in [1.82, 2.24) is 4.90 Å². The van der Waals surface area contributed by atoms with E-state index in [4.69, 9.17) is 4.74 Å². The quantitative estimate of drug-likeness (QED) is 0.479. The largest absolute Gasteiger partial charge is 0.478 e. The van der Waals surface area contributed by atoms with E-state index >= 15 is 0 Å². The van der Waals surface area contributed by atoms with Crippen LogP contribution in [0.1, 0.15) is 12.8 Å². The second-order valence-corrected chi connectivity index (χ2v) is 8.69. The third kappa shape index (κ3) is 3.05. The van der Waals surface area contributed by atoms with Crippen LogP contribution in [0.15, 0.2) is 0 Å². The molecule has 0 aromatic carbocycles. The van der Waals surface area contributed by atoms with E-state index in [-0.39, 0.29) is 9.92 Å². The van der Waals surface area contributed by atoms with Crippen LogP contribution in [0, 0.1) is 0 Å². The van der Waals surface area contributed by atoms with Crippen molar-refractivity contribution in [1.29, 1.82) is 0 Å². The van der Waals surface area contributed by atoms with Gasteiger partial charge in [-0.2, -0.15) is 0 Å². The molecule has 0 aliphatic carbocycles. The van der Waals surface area contributed by atoms with Gasteiger partial charge in [-0.05, 0) is 16.7 Å². The van der Waals surface area contributed by atoms with Crippen LogP contribution in [0.25, 0.3) is 0 Å². The van der Waals surface area contributed by atoms with Crippen LogP contribution in [-0.2, 0) is 4.74 Å². The fourth-order valence-corrected chi connectivity index (χ4v) is 1.58. The molecule has 1 saturated heterocycles. The third-order valence-electron chi connectivity index (χ3n) is 1.70. The maximum absolute atomic E-state index is 11.2. The van der Waals surface area contributed by atoms with E-state index < -0.39 is 0 Å². The summed E-state index contributed by atoms with van der Waals surface area (Å²) in [5.41, 5.74) is 0. The molecule has 0 unspecified atom stereocenters. The van der Waals surface area contributed by atoms with Crippen molar-refractivity contribution < 1.29 is 9.53 Å². The Balaban J connectivity index is 2.28. The van der Waals surface area contributed by atoms with Crippen LogP contribution in [0.4, 0.5) is 4.79 Å². The molecule has 1 fully saturated rings. The van der Waals surface area contributed by atoms with Gasteiger partial charge < -0.3 is 9.64 Å². The normalized spacial score (nSPS) is 17.4. The smallest absolute Gasteiger partial charge is 0.407 e. The lowest BCUT2D eigenvalue weighted by Crippen LogP contribution is -2.32. The molecule has 1 heterocycles. The summed E-state index contributed by atoms with van der Waals surface area (Å²) in [6.07, 6.45) is 2.20. The fraction of sp³-hybridized carbons (Fsp3) is 0.833. The van der Waals surface area contributed by atoms with Gasteiger partial charge in [0.2, 0.25) is 0 Å². The SMILES string of the molecule is O=C(O[CH]([AlH2])[AlH2])N1CCCC1. The molecule has 11 heavy (non-hydrogen) atoms. The number of amides is 1. The van der Waals surface area contributed by atoms with Crippen molar-refractivity contribution in [2.24, 2.45) is 0 Å². The Labute approximate surface area is 82.9 Å². The molecule has 1 aliphatic rings. The molecular weight excluding hydrogens is 172 g/mol. The van der Waals surface area contributed by atoms with E-state index in [0.717, 1.165) is 58.5 Å². The van der Waals surface area contributed by atoms with Crippen LogP contribution in [0.2, 0.25) is 0 Å². The minimum absolute atomic E-state index is 0.0856. The summed E-state index contributed by atoms with van der Waals surface area (Å²) in [6.45, 7) is 1.79. The maximum Gasteiger partial charge on any atom is 0.407 e. The van der Waals surface area contributed by atoms with Crippen LogP contribution >= 0.6 is 0 Å². The highest BCUT2D eigenvalue weighted by Gasteiger charge is 2.19. The molecule has 1 amide bonds. The standard InChI is InChI=1S/C6H9NO2.2Al.4H/c1-9-6(8)7-4-2-3-5-7;;;;;;/h1H,2-5H2;;;;;;. The number of likely N-dealkylation sites (tertiary alicyclic amines) is 1. The molecule has 0 aromatic heterocycles. The maximum atomic E-state index is 11.2. The molecule has 0 radical (unpaired) electrons. The lowest BCUT2D eigenvalue weighted by Gasteiger charge is -2.17. The van der Waals surface area contributed by atoms with Crippen molar-refractivity contribution >= 4 is 38.7 Å². The Bertz CT molecular complexity index is 146. The predicted octanol–water partition coefficient (Wildman–Crippen LogP) is -1.23. The van der Waals surface area contributed by atoms with Crippen molar-refractivity contribution in [3.63, 3.8) is 0 Å². The number of nitrogens with zero attached hydrogens (tertiary/aromatic N) is 1. The highest BCUT2D eigenvalue weighted by Crippen LogP contribution is 2.08. The van der Waals surface area contributed by atoms with E-state index in [0.29, 0.717) is 0 Å². The minimum atomic E-state index is -0.0856. The second-order valence-electron chi connectivity index (χ2n) is 3.13. The Hall–Kier alpha value is 0.335. The highest BCUT2D eigenvalue weighted by atomic mass is 27.1. The summed E-state index contributed by atoms with van der Waals surface area (Å²) < 4.78 is 5.43. The monoisotopic (exact) mass is 185 g/mol. The van der Waals surface area contributed by atoms with Gasteiger partial charge >= 0.3 is 6.09 Å². The fourth-order valence-electron chi connectivity index (χ4n) is 1.18. The van der Waals surface area contributed by atoms with E-state index in [1.807, 2.05) is 4.90 Å². The van der Waals surface area contributed by atoms with Crippen LogP contribution in [-0.4, -0.2) is 60.5 Å². The van der Waals surface area contributed by atoms with Gasteiger partial charge in [-0.15, -0.1) is 0 Å². The van der Waals surface area contributed by atoms with Crippen molar-refractivity contribution in [3.05, 3.63) is 0 Å². The zero-order chi connectivity index (χ0) is 8.27. The first-order chi connectivity index (χ1) is 5.20. The van der Waals surface area contributed by atoms with Crippen LogP contribution in [0.5, 0.6) is 0 Å². The molecule has 0 N–H and O–H groups in total. The average Bonchev–Trinajstić information content (AvgIpc) is 2.35. The lowest BCUT2D eigenvalue weighted by atomic mass is 10.4. The number of carbonyl (C=O) groups is 1. The molecular formula is C6H13Al2NO2. The predicted molar refractivity (Wildman–Crippen MR) is 48.2 cm³/mol. The Kier molecular flexibility index (Phi) is 3.75. The Morgan fingerprint density at radius 1 is 1.36 bits per heavy atom. The number of rotatable bonds is 1. The first-order valence-corrected chi connectivity index (χ1v) is 6.46. The van der Waals surface area contributed by atoms with Gasteiger partial charge in [0.05, 0.1) is 0 Å². The lowest BCUT2D eigenvalue weighted by molar-refractivity contribution is 0.118. The minimum Gasteiger partial charge on any atom is -0.478 e. The van der Waals surface area contributed by atoms with Crippen LogP contribution < -0.4 is 0 Å². The average molecular weight is 185 g/mol. The van der Waals surface area contributed by atoms with Crippen LogP contribution in [0.3, 0.4) is 0 Å². The molecule has 0 saturated carbocycles. The summed E-state index contributed by atoms with van der Waals surface area (Å²) in [5, 5.41) is 0. The molecule has 0 atom stereocenters. The first-order valence-electron chi connectivity index (χ1n) is 4.15. The summed E-state index contributed by atoms with van der Waals surface area (Å²) >= 11 is 1.96. The molecule has 0 bridgehead atoms. The van der Waals surface area contributed by atoms with Crippen molar-refractivity contribution in [2.45, 2.75) is 16.7 Å². The van der Waals surface area contributed by atoms with Gasteiger partial charge in [0.1, 0.15) is 0 Å². The molecule has 0 aromatic rings. The highest BCUT2D eigenvalue weighted by molar-refractivity contribution is 6.35. The van der Waals surface area contributed by atoms with Gasteiger partial charge in [0.15, 0.2) is 0 Å². The van der Waals surface area contributed by atoms with E-state index in [1.54, 1.807) is 0 Å². The molecule has 3 nitrogen and oxygen atoms in total. The molecule has 60 valence electrons. The van der Waals surface area contributed by atoms with E-state index in [9.17, 15) is 4.79 Å². The number of ether oxygens (including phenoxy) is 1. The number of hydrogen-bond donors (Lipinski definition) is 0. The van der Waals surface area contributed by atoms with Crippen molar-refractivity contribution in [2.75, 3.05) is 13.1 Å². The summed E-state index contributed by atoms with van der Waals surface area (Å²) in [4.78, 5) is 13.0. The molecule has 0 spiro atoms. The molecule has 5 heteroatoms. The topological polar surface area (TPSA) is 29.5 Å². The van der Waals surface area contributed by atoms with E-state index in [2.05, 4.69) is 0 Å². The van der Waals surface area contributed by atoms with Crippen molar-refractivity contribution in [3.8, 4) is 0 Å². The summed E-state index contributed by atoms with van der Waals surface area (Å²) in [6, 6.07) is 0. The molecule has 1 rings (SSSR count). The first kappa shape index (κ1) is 9.42. The second kappa shape index (κ2) is 4.38. The van der Waals surface area contributed by atoms with Gasteiger partial charge in [-0.3, -0.25) is 0 Å². The van der Waals surface area contributed by atoms with Gasteiger partial charge in [-0.25, -0.2) is 4.79 Å². The zero-order valence-electron chi connectivity index (χ0n) is 7.17. The summed E-state index contributed by atoms with van der Waals surface area (Å²) in [7, 11) is 0. The van der Waals surface area contributed by atoms with Gasteiger partial charge in [-0.1, -0.05) is 0 Å². The third-order valence-corrected chi connectivity index (χ3v) is 2.17. The van der Waals surface area contributed by atoms with Gasteiger partial charge in [0.25, 0.3) is 32.6 Å².